The number of aryl methyl sites for hydroxylation is 1. The fourth-order valence-electron chi connectivity index (χ4n) is 2.73. The van der Waals surface area contributed by atoms with E-state index in [1.807, 2.05) is 6.07 Å². The molecule has 3 rings (SSSR count). The molecule has 2 N–H and O–H groups in total. The maximum Gasteiger partial charge on any atom is 0.573 e. The molecule has 5 nitrogen and oxygen atoms in total. The van der Waals surface area contributed by atoms with Crippen LogP contribution in [0.25, 0.3) is 0 Å². The minimum absolute atomic E-state index is 0.179. The summed E-state index contributed by atoms with van der Waals surface area (Å²) >= 11 is 0. The summed E-state index contributed by atoms with van der Waals surface area (Å²) in [7, 11) is 0. The molecular formula is C16H15F3N2O3. The number of hydrogen-bond donors (Lipinski definition) is 2. The topological polar surface area (TPSA) is 63.5 Å². The quantitative estimate of drug-likeness (QED) is 0.872. The minimum Gasteiger partial charge on any atom is -0.469 e. The fourth-order valence-corrected chi connectivity index (χ4v) is 2.73. The summed E-state index contributed by atoms with van der Waals surface area (Å²) in [6.45, 7) is 0. The van der Waals surface area contributed by atoms with E-state index < -0.39 is 18.1 Å². The molecule has 0 bridgehead atoms. The van der Waals surface area contributed by atoms with Gasteiger partial charge in [-0.1, -0.05) is 6.07 Å². The molecule has 1 heterocycles. The van der Waals surface area contributed by atoms with Gasteiger partial charge in [-0.15, -0.1) is 13.2 Å². The number of rotatable bonds is 3. The highest BCUT2D eigenvalue weighted by molar-refractivity contribution is 5.89. The molecule has 0 aliphatic heterocycles. The van der Waals surface area contributed by atoms with Crippen molar-refractivity contribution in [2.75, 3.05) is 5.32 Å². The number of ether oxygens (including phenoxy) is 1. The molecule has 1 unspecified atom stereocenters. The van der Waals surface area contributed by atoms with Crippen LogP contribution in [0.3, 0.4) is 0 Å². The highest BCUT2D eigenvalue weighted by atomic mass is 19.4. The zero-order valence-electron chi connectivity index (χ0n) is 12.5. The Morgan fingerprint density at radius 1 is 1.29 bits per heavy atom. The molecular weight excluding hydrogens is 325 g/mol. The highest BCUT2D eigenvalue weighted by Crippen LogP contribution is 2.30. The minimum atomic E-state index is -4.78. The third kappa shape index (κ3) is 4.01. The van der Waals surface area contributed by atoms with Crippen LogP contribution in [-0.4, -0.2) is 12.4 Å². The number of nitrogens with one attached hydrogen (secondary N) is 2. The largest absolute Gasteiger partial charge is 0.573 e. The van der Waals surface area contributed by atoms with Crippen molar-refractivity contribution in [2.24, 2.45) is 0 Å². The predicted molar refractivity (Wildman–Crippen MR) is 79.7 cm³/mol. The Morgan fingerprint density at radius 2 is 2.12 bits per heavy atom. The summed E-state index contributed by atoms with van der Waals surface area (Å²) < 4.78 is 45.9. The summed E-state index contributed by atoms with van der Waals surface area (Å²) in [6.07, 6.45) is -0.697. The van der Waals surface area contributed by atoms with Crippen molar-refractivity contribution in [3.05, 3.63) is 47.9 Å². The second-order valence-corrected chi connectivity index (χ2v) is 5.42. The van der Waals surface area contributed by atoms with Crippen LogP contribution in [-0.2, 0) is 6.42 Å². The Labute approximate surface area is 135 Å². The zero-order chi connectivity index (χ0) is 17.2. The summed E-state index contributed by atoms with van der Waals surface area (Å²) in [4.78, 5) is 12.1. The van der Waals surface area contributed by atoms with Gasteiger partial charge in [0, 0.05) is 23.7 Å². The molecule has 2 aromatic rings. The molecule has 24 heavy (non-hydrogen) atoms. The standard InChI is InChI=1S/C16H15F3N2O3/c17-16(18,19)24-11-4-1-3-10(9-11)20-15(22)21-13-5-2-6-14-12(13)7-8-23-14/h1,3-4,7-9,13H,2,5-6H2,(H2,20,21,22). The third-order valence-corrected chi connectivity index (χ3v) is 3.68. The first kappa shape index (κ1) is 16.2. The predicted octanol–water partition coefficient (Wildman–Crippen LogP) is 4.38. The van der Waals surface area contributed by atoms with Crippen LogP contribution in [0.2, 0.25) is 0 Å². The molecule has 1 aliphatic carbocycles. The normalized spacial score (nSPS) is 17.0. The molecule has 0 fully saturated rings. The van der Waals surface area contributed by atoms with E-state index in [4.69, 9.17) is 4.42 Å². The van der Waals surface area contributed by atoms with Crippen molar-refractivity contribution in [2.45, 2.75) is 31.7 Å². The van der Waals surface area contributed by atoms with Gasteiger partial charge in [-0.25, -0.2) is 4.79 Å². The van der Waals surface area contributed by atoms with Gasteiger partial charge >= 0.3 is 12.4 Å². The number of urea groups is 1. The number of halogens is 3. The van der Waals surface area contributed by atoms with Gasteiger partial charge < -0.3 is 19.8 Å². The number of benzene rings is 1. The smallest absolute Gasteiger partial charge is 0.469 e. The summed E-state index contributed by atoms with van der Waals surface area (Å²) in [5, 5.41) is 5.31. The molecule has 1 aliphatic rings. The van der Waals surface area contributed by atoms with Crippen LogP contribution in [0.1, 0.15) is 30.2 Å². The molecule has 0 saturated heterocycles. The maximum absolute atomic E-state index is 12.2. The number of amides is 2. The van der Waals surface area contributed by atoms with Gasteiger partial charge in [0.15, 0.2) is 0 Å². The van der Waals surface area contributed by atoms with Crippen molar-refractivity contribution in [3.8, 4) is 5.75 Å². The third-order valence-electron chi connectivity index (χ3n) is 3.68. The molecule has 1 atom stereocenters. The number of furan rings is 1. The van der Waals surface area contributed by atoms with Crippen molar-refractivity contribution in [1.82, 2.24) is 5.32 Å². The van der Waals surface area contributed by atoms with Gasteiger partial charge in [-0.3, -0.25) is 0 Å². The molecule has 8 heteroatoms. The summed E-state index contributed by atoms with van der Waals surface area (Å²) in [5.74, 6) is 0.460. The van der Waals surface area contributed by atoms with Gasteiger partial charge in [0.1, 0.15) is 11.5 Å². The van der Waals surface area contributed by atoms with Gasteiger partial charge in [0.2, 0.25) is 0 Å². The molecule has 128 valence electrons. The van der Waals surface area contributed by atoms with E-state index >= 15 is 0 Å². The molecule has 2 amide bonds. The van der Waals surface area contributed by atoms with E-state index in [2.05, 4.69) is 15.4 Å². The maximum atomic E-state index is 12.2. The van der Waals surface area contributed by atoms with Crippen molar-refractivity contribution in [3.63, 3.8) is 0 Å². The van der Waals surface area contributed by atoms with E-state index in [-0.39, 0.29) is 11.7 Å². The number of hydrogen-bond acceptors (Lipinski definition) is 3. The Bertz CT molecular complexity index is 727. The first-order chi connectivity index (χ1) is 11.4. The zero-order valence-corrected chi connectivity index (χ0v) is 12.5. The molecule has 0 saturated carbocycles. The Kier molecular flexibility index (Phi) is 4.37. The van der Waals surface area contributed by atoms with Gasteiger partial charge in [-0.05, 0) is 31.0 Å². The molecule has 0 spiro atoms. The monoisotopic (exact) mass is 340 g/mol. The Balaban J connectivity index is 1.63. The lowest BCUT2D eigenvalue weighted by Gasteiger charge is -2.23. The van der Waals surface area contributed by atoms with Crippen LogP contribution >= 0.6 is 0 Å². The average molecular weight is 340 g/mol. The van der Waals surface area contributed by atoms with E-state index in [1.54, 1.807) is 6.26 Å². The van der Waals surface area contributed by atoms with E-state index in [0.29, 0.717) is 0 Å². The Morgan fingerprint density at radius 3 is 2.92 bits per heavy atom. The lowest BCUT2D eigenvalue weighted by atomic mass is 9.93. The molecule has 1 aromatic carbocycles. The Hall–Kier alpha value is -2.64. The first-order valence-corrected chi connectivity index (χ1v) is 7.40. The number of carbonyl (C=O) groups is 1. The van der Waals surface area contributed by atoms with Crippen molar-refractivity contribution < 1.29 is 27.1 Å². The van der Waals surface area contributed by atoms with Crippen LogP contribution < -0.4 is 15.4 Å². The van der Waals surface area contributed by atoms with Crippen molar-refractivity contribution >= 4 is 11.7 Å². The second-order valence-electron chi connectivity index (χ2n) is 5.42. The second kappa shape index (κ2) is 6.46. The summed E-state index contributed by atoms with van der Waals surface area (Å²) in [6, 6.07) is 6.25. The number of anilines is 1. The van der Waals surface area contributed by atoms with Crippen LogP contribution in [0.5, 0.6) is 5.75 Å². The van der Waals surface area contributed by atoms with E-state index in [1.165, 1.54) is 12.1 Å². The lowest BCUT2D eigenvalue weighted by molar-refractivity contribution is -0.274. The van der Waals surface area contributed by atoms with Gasteiger partial charge in [-0.2, -0.15) is 0 Å². The number of alkyl halides is 3. The number of carbonyl (C=O) groups excluding carboxylic acids is 1. The van der Waals surface area contributed by atoms with E-state index in [0.717, 1.165) is 42.7 Å². The molecule has 1 aromatic heterocycles. The van der Waals surface area contributed by atoms with Crippen LogP contribution in [0.4, 0.5) is 23.7 Å². The lowest BCUT2D eigenvalue weighted by Crippen LogP contribution is -2.34. The number of fused-ring (bicyclic) bond motifs is 1. The van der Waals surface area contributed by atoms with Gasteiger partial charge in [0.25, 0.3) is 0 Å². The average Bonchev–Trinajstić information content (AvgIpc) is 2.95. The van der Waals surface area contributed by atoms with E-state index in [9.17, 15) is 18.0 Å². The fraction of sp³-hybridized carbons (Fsp3) is 0.312. The van der Waals surface area contributed by atoms with Crippen LogP contribution in [0.15, 0.2) is 41.0 Å². The highest BCUT2D eigenvalue weighted by Gasteiger charge is 2.31. The SMILES string of the molecule is O=C(Nc1cccc(OC(F)(F)F)c1)NC1CCCc2occc21. The summed E-state index contributed by atoms with van der Waals surface area (Å²) in [5.41, 5.74) is 1.14. The molecule has 0 radical (unpaired) electrons. The van der Waals surface area contributed by atoms with Gasteiger partial charge in [0.05, 0.1) is 12.3 Å². The van der Waals surface area contributed by atoms with Crippen LogP contribution in [0, 0.1) is 0 Å². The first-order valence-electron chi connectivity index (χ1n) is 7.40. The van der Waals surface area contributed by atoms with Crippen molar-refractivity contribution in [1.29, 1.82) is 0 Å².